The van der Waals surface area contributed by atoms with Gasteiger partial charge in [0.1, 0.15) is 16.6 Å². The van der Waals surface area contributed by atoms with E-state index in [0.717, 1.165) is 16.8 Å². The van der Waals surface area contributed by atoms with E-state index in [4.69, 9.17) is 0 Å². The second kappa shape index (κ2) is 7.81. The van der Waals surface area contributed by atoms with E-state index in [9.17, 15) is 15.4 Å². The second-order valence-corrected chi connectivity index (χ2v) is 6.84. The second-order valence-electron chi connectivity index (χ2n) is 5.98. The van der Waals surface area contributed by atoms with E-state index in [-0.39, 0.29) is 5.69 Å². The van der Waals surface area contributed by atoms with Gasteiger partial charge in [0.2, 0.25) is 0 Å². The van der Waals surface area contributed by atoms with Crippen LogP contribution in [0, 0.1) is 35.3 Å². The Morgan fingerprint density at radius 3 is 2.85 bits per heavy atom. The number of anilines is 1. The van der Waals surface area contributed by atoms with Crippen LogP contribution in [0.4, 0.5) is 11.4 Å². The highest BCUT2D eigenvalue weighted by Gasteiger charge is 2.12. The number of nitrogens with one attached hydrogen (secondary N) is 1. The Labute approximate surface area is 160 Å². The molecule has 0 aliphatic heterocycles. The SMILES string of the molecule is Cc1ccc(C)c(N/C=C(\C#N)c2nc(-c3cccc([N+](=O)[O-])c3)cs2)c1. The number of thiazole rings is 1. The molecule has 0 atom stereocenters. The van der Waals surface area contributed by atoms with Crippen LogP contribution in [-0.4, -0.2) is 9.91 Å². The van der Waals surface area contributed by atoms with Gasteiger partial charge in [-0.15, -0.1) is 11.3 Å². The lowest BCUT2D eigenvalue weighted by molar-refractivity contribution is -0.384. The molecule has 0 spiro atoms. The lowest BCUT2D eigenvalue weighted by atomic mass is 10.1. The third-order valence-corrected chi connectivity index (χ3v) is 4.85. The highest BCUT2D eigenvalue weighted by atomic mass is 32.1. The molecule has 1 aromatic heterocycles. The van der Waals surface area contributed by atoms with Crippen LogP contribution in [0.1, 0.15) is 16.1 Å². The average molecular weight is 376 g/mol. The number of non-ortho nitro benzene ring substituents is 1. The Bertz CT molecular complexity index is 1080. The molecule has 3 aromatic rings. The lowest BCUT2D eigenvalue weighted by Crippen LogP contribution is -1.94. The van der Waals surface area contributed by atoms with Gasteiger partial charge in [0, 0.05) is 35.0 Å². The van der Waals surface area contributed by atoms with E-state index in [2.05, 4.69) is 16.4 Å². The van der Waals surface area contributed by atoms with Gasteiger partial charge in [0.15, 0.2) is 0 Å². The van der Waals surface area contributed by atoms with Crippen molar-refractivity contribution in [2.75, 3.05) is 5.32 Å². The normalized spacial score (nSPS) is 11.1. The van der Waals surface area contributed by atoms with Gasteiger partial charge in [-0.05, 0) is 31.0 Å². The van der Waals surface area contributed by atoms with Crippen LogP contribution >= 0.6 is 11.3 Å². The summed E-state index contributed by atoms with van der Waals surface area (Å²) in [5.74, 6) is 0. The van der Waals surface area contributed by atoms with Gasteiger partial charge in [0.05, 0.1) is 10.6 Å². The first-order valence-corrected chi connectivity index (χ1v) is 9.00. The van der Waals surface area contributed by atoms with Crippen LogP contribution in [0.15, 0.2) is 54.0 Å². The molecule has 0 fully saturated rings. The predicted molar refractivity (Wildman–Crippen MR) is 107 cm³/mol. The molecule has 3 rings (SSSR count). The Hall–Kier alpha value is -3.50. The first-order valence-electron chi connectivity index (χ1n) is 8.12. The number of aromatic nitrogens is 1. The molecule has 6 nitrogen and oxygen atoms in total. The molecular formula is C20H16N4O2S. The first-order chi connectivity index (χ1) is 13.0. The molecule has 0 unspecified atom stereocenters. The summed E-state index contributed by atoms with van der Waals surface area (Å²) in [6.07, 6.45) is 1.64. The van der Waals surface area contributed by atoms with E-state index in [1.54, 1.807) is 23.7 Å². The molecule has 27 heavy (non-hydrogen) atoms. The highest BCUT2D eigenvalue weighted by molar-refractivity contribution is 7.11. The van der Waals surface area contributed by atoms with Crippen molar-refractivity contribution in [3.63, 3.8) is 0 Å². The number of benzene rings is 2. The maximum Gasteiger partial charge on any atom is 0.270 e. The molecule has 0 saturated carbocycles. The van der Waals surface area contributed by atoms with E-state index >= 15 is 0 Å². The molecule has 0 radical (unpaired) electrons. The molecule has 7 heteroatoms. The summed E-state index contributed by atoms with van der Waals surface area (Å²) in [6, 6.07) is 14.5. The molecule has 0 aliphatic carbocycles. The number of rotatable bonds is 5. The van der Waals surface area contributed by atoms with Crippen LogP contribution in [0.25, 0.3) is 16.8 Å². The fraction of sp³-hybridized carbons (Fsp3) is 0.100. The van der Waals surface area contributed by atoms with Gasteiger partial charge in [-0.3, -0.25) is 10.1 Å². The topological polar surface area (TPSA) is 91.8 Å². The monoisotopic (exact) mass is 376 g/mol. The van der Waals surface area contributed by atoms with E-state index in [1.165, 1.54) is 23.5 Å². The summed E-state index contributed by atoms with van der Waals surface area (Å²) in [5.41, 5.74) is 4.78. The molecule has 2 aromatic carbocycles. The smallest absolute Gasteiger partial charge is 0.270 e. The minimum atomic E-state index is -0.439. The zero-order valence-electron chi connectivity index (χ0n) is 14.8. The third kappa shape index (κ3) is 4.19. The molecular weight excluding hydrogens is 360 g/mol. The average Bonchev–Trinajstić information content (AvgIpc) is 3.15. The summed E-state index contributed by atoms with van der Waals surface area (Å²) in [6.45, 7) is 4.00. The minimum Gasteiger partial charge on any atom is -0.360 e. The maximum atomic E-state index is 10.9. The molecule has 0 aliphatic rings. The largest absolute Gasteiger partial charge is 0.360 e. The number of allylic oxidation sites excluding steroid dienone is 1. The zero-order valence-corrected chi connectivity index (χ0v) is 15.6. The first kappa shape index (κ1) is 18.3. The zero-order chi connectivity index (χ0) is 19.4. The number of nitrogens with zero attached hydrogens (tertiary/aromatic N) is 3. The summed E-state index contributed by atoms with van der Waals surface area (Å²) >= 11 is 1.32. The van der Waals surface area contributed by atoms with E-state index in [0.29, 0.717) is 21.8 Å². The van der Waals surface area contributed by atoms with Crippen molar-refractivity contribution in [1.82, 2.24) is 4.98 Å². The van der Waals surface area contributed by atoms with Crippen molar-refractivity contribution in [2.45, 2.75) is 13.8 Å². The quantitative estimate of drug-likeness (QED) is 0.370. The Balaban J connectivity index is 1.87. The maximum absolute atomic E-state index is 10.9. The van der Waals surface area contributed by atoms with Crippen LogP contribution in [0.2, 0.25) is 0 Å². The highest BCUT2D eigenvalue weighted by Crippen LogP contribution is 2.28. The molecule has 0 bridgehead atoms. The molecule has 1 heterocycles. The molecule has 1 N–H and O–H groups in total. The number of nitriles is 1. The van der Waals surface area contributed by atoms with Gasteiger partial charge in [0.25, 0.3) is 5.69 Å². The number of nitro benzene ring substituents is 1. The van der Waals surface area contributed by atoms with Crippen LogP contribution < -0.4 is 5.32 Å². The van der Waals surface area contributed by atoms with E-state index < -0.39 is 4.92 Å². The van der Waals surface area contributed by atoms with Crippen molar-refractivity contribution < 1.29 is 4.92 Å². The van der Waals surface area contributed by atoms with Gasteiger partial charge in [-0.25, -0.2) is 4.98 Å². The standard InChI is InChI=1S/C20H16N4O2S/c1-13-6-7-14(2)18(8-13)22-11-16(10-21)20-23-19(12-27-20)15-4-3-5-17(9-15)24(25)26/h3-9,11-12,22H,1-2H3/b16-11+. The summed E-state index contributed by atoms with van der Waals surface area (Å²) < 4.78 is 0. The minimum absolute atomic E-state index is 0.00897. The predicted octanol–water partition coefficient (Wildman–Crippen LogP) is 5.31. The van der Waals surface area contributed by atoms with Crippen LogP contribution in [0.3, 0.4) is 0 Å². The number of nitro groups is 1. The van der Waals surface area contributed by atoms with Crippen LogP contribution in [0.5, 0.6) is 0 Å². The number of aryl methyl sites for hydroxylation is 2. The van der Waals surface area contributed by atoms with Crippen molar-refractivity contribution in [2.24, 2.45) is 0 Å². The van der Waals surface area contributed by atoms with Gasteiger partial charge in [-0.2, -0.15) is 5.26 Å². The van der Waals surface area contributed by atoms with E-state index in [1.807, 2.05) is 32.0 Å². The number of hydrogen-bond donors (Lipinski definition) is 1. The Kier molecular flexibility index (Phi) is 5.29. The van der Waals surface area contributed by atoms with Crippen LogP contribution in [-0.2, 0) is 0 Å². The molecule has 0 amide bonds. The third-order valence-electron chi connectivity index (χ3n) is 3.97. The number of hydrogen-bond acceptors (Lipinski definition) is 6. The fourth-order valence-electron chi connectivity index (χ4n) is 2.49. The van der Waals surface area contributed by atoms with Gasteiger partial charge in [-0.1, -0.05) is 24.3 Å². The van der Waals surface area contributed by atoms with Crippen molar-refractivity contribution in [1.29, 1.82) is 5.26 Å². The van der Waals surface area contributed by atoms with Crippen molar-refractivity contribution in [3.8, 4) is 17.3 Å². The summed E-state index contributed by atoms with van der Waals surface area (Å²) in [7, 11) is 0. The summed E-state index contributed by atoms with van der Waals surface area (Å²) in [5, 5.41) is 26.0. The summed E-state index contributed by atoms with van der Waals surface area (Å²) in [4.78, 5) is 15.0. The fourth-order valence-corrected chi connectivity index (χ4v) is 3.29. The van der Waals surface area contributed by atoms with Crippen molar-refractivity contribution in [3.05, 3.63) is 80.3 Å². The van der Waals surface area contributed by atoms with Crippen molar-refractivity contribution >= 4 is 28.3 Å². The Morgan fingerprint density at radius 2 is 2.11 bits per heavy atom. The Morgan fingerprint density at radius 1 is 1.30 bits per heavy atom. The van der Waals surface area contributed by atoms with Gasteiger partial charge >= 0.3 is 0 Å². The molecule has 0 saturated heterocycles. The lowest BCUT2D eigenvalue weighted by Gasteiger charge is -2.06. The van der Waals surface area contributed by atoms with Gasteiger partial charge < -0.3 is 5.32 Å². The molecule has 134 valence electrons.